The highest BCUT2D eigenvalue weighted by molar-refractivity contribution is 5.94. The van der Waals surface area contributed by atoms with Crippen LogP contribution in [-0.2, 0) is 13.0 Å². The predicted molar refractivity (Wildman–Crippen MR) is 105 cm³/mol. The molecule has 1 atom stereocenters. The minimum Gasteiger partial charge on any atom is -0.478 e. The number of para-hydroxylation sites is 1. The zero-order chi connectivity index (χ0) is 19.1. The number of hydrogen-bond acceptors (Lipinski definition) is 4. The van der Waals surface area contributed by atoms with Crippen LogP contribution in [0.5, 0.6) is 0 Å². The van der Waals surface area contributed by atoms with E-state index in [9.17, 15) is 14.7 Å². The first-order chi connectivity index (χ1) is 13.0. The fraction of sp³-hybridized carbons (Fsp3) is 0.286. The molecule has 0 fully saturated rings. The van der Waals surface area contributed by atoms with E-state index in [0.717, 1.165) is 36.3 Å². The lowest BCUT2D eigenvalue weighted by molar-refractivity contribution is 0.0698. The molecule has 1 aromatic heterocycles. The van der Waals surface area contributed by atoms with Gasteiger partial charge in [0, 0.05) is 24.2 Å². The average molecular weight is 363 g/mol. The highest BCUT2D eigenvalue weighted by Crippen LogP contribution is 2.28. The van der Waals surface area contributed by atoms with E-state index in [1.807, 2.05) is 26.0 Å². The third-order valence-electron chi connectivity index (χ3n) is 5.09. The molecule has 0 amide bonds. The Balaban J connectivity index is 1.83. The standard InChI is InChI=1S/C21H21N3O3/c1-12-10-15(13(2)22-17-7-4-3-6-14(17)21(26)27)19-16(11-12)20(25)24-9-5-8-18(24)23-19/h3-4,6-7,10-11,13,22H,5,8-9H2,1-2H3,(H,26,27). The smallest absolute Gasteiger partial charge is 0.337 e. The number of nitrogens with one attached hydrogen (secondary N) is 1. The molecule has 1 aliphatic rings. The predicted octanol–water partition coefficient (Wildman–Crippen LogP) is 3.52. The monoisotopic (exact) mass is 363 g/mol. The van der Waals surface area contributed by atoms with E-state index in [2.05, 4.69) is 5.32 Å². The average Bonchev–Trinajstić information content (AvgIpc) is 3.11. The highest BCUT2D eigenvalue weighted by atomic mass is 16.4. The summed E-state index contributed by atoms with van der Waals surface area (Å²) in [7, 11) is 0. The molecule has 1 aliphatic heterocycles. The lowest BCUT2D eigenvalue weighted by Gasteiger charge is -2.20. The zero-order valence-corrected chi connectivity index (χ0v) is 15.3. The van der Waals surface area contributed by atoms with Crippen LogP contribution in [0.15, 0.2) is 41.2 Å². The lowest BCUT2D eigenvalue weighted by Crippen LogP contribution is -2.22. The number of rotatable bonds is 4. The van der Waals surface area contributed by atoms with Crippen molar-refractivity contribution in [2.45, 2.75) is 39.3 Å². The van der Waals surface area contributed by atoms with Gasteiger partial charge in [-0.1, -0.05) is 18.2 Å². The molecule has 0 bridgehead atoms. The SMILES string of the molecule is Cc1cc(C(C)Nc2ccccc2C(=O)O)c2nc3n(c(=O)c2c1)CCC3. The van der Waals surface area contributed by atoms with E-state index < -0.39 is 5.97 Å². The number of carboxylic acid groups (broad SMARTS) is 1. The molecule has 1 unspecified atom stereocenters. The Morgan fingerprint density at radius 3 is 2.85 bits per heavy atom. The highest BCUT2D eigenvalue weighted by Gasteiger charge is 2.21. The summed E-state index contributed by atoms with van der Waals surface area (Å²) in [5.41, 5.74) is 3.36. The summed E-state index contributed by atoms with van der Waals surface area (Å²) >= 11 is 0. The first kappa shape index (κ1) is 17.3. The van der Waals surface area contributed by atoms with Gasteiger partial charge in [-0.15, -0.1) is 0 Å². The topological polar surface area (TPSA) is 84.2 Å². The van der Waals surface area contributed by atoms with Crippen LogP contribution < -0.4 is 10.9 Å². The first-order valence-corrected chi connectivity index (χ1v) is 9.08. The summed E-state index contributed by atoms with van der Waals surface area (Å²) in [6.45, 7) is 4.64. The van der Waals surface area contributed by atoms with Crippen LogP contribution in [0.3, 0.4) is 0 Å². The molecule has 0 saturated heterocycles. The maximum Gasteiger partial charge on any atom is 0.337 e. The van der Waals surface area contributed by atoms with E-state index in [4.69, 9.17) is 4.98 Å². The van der Waals surface area contributed by atoms with Crippen molar-refractivity contribution in [1.29, 1.82) is 0 Å². The van der Waals surface area contributed by atoms with Crippen molar-refractivity contribution in [2.24, 2.45) is 0 Å². The summed E-state index contributed by atoms with van der Waals surface area (Å²) in [6, 6.07) is 10.5. The summed E-state index contributed by atoms with van der Waals surface area (Å²) in [6.07, 6.45) is 1.74. The van der Waals surface area contributed by atoms with Gasteiger partial charge >= 0.3 is 5.97 Å². The Labute approximate surface area is 156 Å². The van der Waals surface area contributed by atoms with E-state index in [0.29, 0.717) is 16.6 Å². The van der Waals surface area contributed by atoms with E-state index >= 15 is 0 Å². The van der Waals surface area contributed by atoms with Gasteiger partial charge < -0.3 is 10.4 Å². The number of carboxylic acids is 1. The number of carbonyl (C=O) groups is 1. The summed E-state index contributed by atoms with van der Waals surface area (Å²) in [5, 5.41) is 13.3. The van der Waals surface area contributed by atoms with E-state index in [-0.39, 0.29) is 17.2 Å². The Hall–Kier alpha value is -3.15. The maximum atomic E-state index is 12.9. The maximum absolute atomic E-state index is 12.9. The van der Waals surface area contributed by atoms with Crippen molar-refractivity contribution in [3.05, 3.63) is 69.3 Å². The van der Waals surface area contributed by atoms with E-state index in [1.54, 1.807) is 28.8 Å². The van der Waals surface area contributed by atoms with Gasteiger partial charge in [0.05, 0.1) is 22.5 Å². The van der Waals surface area contributed by atoms with Crippen LogP contribution in [0.2, 0.25) is 0 Å². The van der Waals surface area contributed by atoms with Crippen molar-refractivity contribution in [3.63, 3.8) is 0 Å². The van der Waals surface area contributed by atoms with Gasteiger partial charge in [0.2, 0.25) is 0 Å². The molecule has 27 heavy (non-hydrogen) atoms. The number of hydrogen-bond donors (Lipinski definition) is 2. The Bertz CT molecular complexity index is 1120. The number of nitrogens with zero attached hydrogens (tertiary/aromatic N) is 2. The van der Waals surface area contributed by atoms with Gasteiger partial charge in [-0.25, -0.2) is 9.78 Å². The van der Waals surface area contributed by atoms with Crippen molar-refractivity contribution in [1.82, 2.24) is 9.55 Å². The Kier molecular flexibility index (Phi) is 4.18. The second-order valence-corrected chi connectivity index (χ2v) is 7.06. The second-order valence-electron chi connectivity index (χ2n) is 7.06. The zero-order valence-electron chi connectivity index (χ0n) is 15.3. The van der Waals surface area contributed by atoms with Gasteiger partial charge in [-0.2, -0.15) is 0 Å². The summed E-state index contributed by atoms with van der Waals surface area (Å²) < 4.78 is 1.77. The molecule has 0 aliphatic carbocycles. The molecule has 2 heterocycles. The summed E-state index contributed by atoms with van der Waals surface area (Å²) in [5.74, 6) is -0.149. The fourth-order valence-electron chi connectivity index (χ4n) is 3.80. The number of benzene rings is 2. The molecule has 0 radical (unpaired) electrons. The number of aromatic carboxylic acids is 1. The van der Waals surface area contributed by atoms with Crippen LogP contribution in [0.4, 0.5) is 5.69 Å². The number of anilines is 1. The second kappa shape index (κ2) is 6.54. The normalized spacial score (nSPS) is 14.1. The molecular weight excluding hydrogens is 342 g/mol. The van der Waals surface area contributed by atoms with Crippen molar-refractivity contribution < 1.29 is 9.90 Å². The van der Waals surface area contributed by atoms with Gasteiger partial charge in [0.25, 0.3) is 5.56 Å². The van der Waals surface area contributed by atoms with Crippen LogP contribution in [0.1, 0.15) is 46.7 Å². The minimum absolute atomic E-state index is 0.00980. The third kappa shape index (κ3) is 2.97. The molecule has 6 heteroatoms. The first-order valence-electron chi connectivity index (χ1n) is 9.08. The quantitative estimate of drug-likeness (QED) is 0.741. The van der Waals surface area contributed by atoms with Gasteiger partial charge in [0.15, 0.2) is 0 Å². The minimum atomic E-state index is -0.978. The molecule has 2 aromatic carbocycles. The molecule has 2 N–H and O–H groups in total. The summed E-state index contributed by atoms with van der Waals surface area (Å²) in [4.78, 5) is 29.1. The van der Waals surface area contributed by atoms with Gasteiger partial charge in [-0.05, 0) is 44.0 Å². The lowest BCUT2D eigenvalue weighted by atomic mass is 10.0. The van der Waals surface area contributed by atoms with Crippen LogP contribution in [0, 0.1) is 6.92 Å². The third-order valence-corrected chi connectivity index (χ3v) is 5.09. The van der Waals surface area contributed by atoms with Crippen molar-refractivity contribution in [3.8, 4) is 0 Å². The molecule has 138 valence electrons. The molecule has 0 saturated carbocycles. The van der Waals surface area contributed by atoms with Gasteiger partial charge in [-0.3, -0.25) is 9.36 Å². The van der Waals surface area contributed by atoms with Crippen LogP contribution in [-0.4, -0.2) is 20.6 Å². The van der Waals surface area contributed by atoms with Crippen molar-refractivity contribution >= 4 is 22.6 Å². The van der Waals surface area contributed by atoms with Crippen molar-refractivity contribution in [2.75, 3.05) is 5.32 Å². The number of aryl methyl sites for hydroxylation is 2. The van der Waals surface area contributed by atoms with Crippen LogP contribution in [0.25, 0.3) is 10.9 Å². The fourth-order valence-corrected chi connectivity index (χ4v) is 3.80. The molecule has 4 rings (SSSR count). The largest absolute Gasteiger partial charge is 0.478 e. The molecule has 0 spiro atoms. The van der Waals surface area contributed by atoms with E-state index in [1.165, 1.54) is 0 Å². The Morgan fingerprint density at radius 2 is 2.07 bits per heavy atom. The number of fused-ring (bicyclic) bond motifs is 2. The molecule has 3 aromatic rings. The molecule has 6 nitrogen and oxygen atoms in total. The Morgan fingerprint density at radius 1 is 1.30 bits per heavy atom. The van der Waals surface area contributed by atoms with Gasteiger partial charge in [0.1, 0.15) is 5.82 Å². The molecular formula is C21H21N3O3. The number of aromatic nitrogens is 2. The van der Waals surface area contributed by atoms with Crippen LogP contribution >= 0.6 is 0 Å².